The molecule has 0 aliphatic carbocycles. The Balaban J connectivity index is 1.66. The minimum Gasteiger partial charge on any atom is -0.293 e. The van der Waals surface area contributed by atoms with Crippen molar-refractivity contribution in [3.05, 3.63) is 64.7 Å². The topological polar surface area (TPSA) is 71.8 Å². The molecule has 3 aromatic rings. The van der Waals surface area contributed by atoms with E-state index < -0.39 is 40.7 Å². The van der Waals surface area contributed by atoms with Gasteiger partial charge in [0.2, 0.25) is 11.7 Å². The molecule has 0 bridgehead atoms. The van der Waals surface area contributed by atoms with Gasteiger partial charge in [-0.2, -0.15) is 0 Å². The SMILES string of the molecule is Cc1ccc(-n2cnnc2SCC(=O)NNc2c(F)c(F)c(F)c(F)c2F)cc1C. The van der Waals surface area contributed by atoms with Gasteiger partial charge in [-0.15, -0.1) is 10.2 Å². The molecule has 0 aliphatic heterocycles. The molecule has 0 unspecified atom stereocenters. The molecule has 30 heavy (non-hydrogen) atoms. The number of aromatic nitrogens is 3. The third-order valence-electron chi connectivity index (χ3n) is 4.15. The molecule has 1 heterocycles. The Bertz CT molecular complexity index is 1090. The van der Waals surface area contributed by atoms with E-state index >= 15 is 0 Å². The average molecular weight is 443 g/mol. The highest BCUT2D eigenvalue weighted by Gasteiger charge is 2.26. The normalized spacial score (nSPS) is 10.9. The summed E-state index contributed by atoms with van der Waals surface area (Å²) in [6, 6.07) is 5.67. The van der Waals surface area contributed by atoms with E-state index in [1.165, 1.54) is 6.33 Å². The second-order valence-electron chi connectivity index (χ2n) is 6.16. The van der Waals surface area contributed by atoms with Crippen LogP contribution in [0.15, 0.2) is 29.7 Å². The molecule has 0 saturated carbocycles. The second-order valence-corrected chi connectivity index (χ2v) is 7.10. The van der Waals surface area contributed by atoms with Gasteiger partial charge in [0.05, 0.1) is 5.75 Å². The van der Waals surface area contributed by atoms with Gasteiger partial charge in [0, 0.05) is 5.69 Å². The van der Waals surface area contributed by atoms with Crippen molar-refractivity contribution < 1.29 is 26.7 Å². The molecule has 1 amide bonds. The maximum atomic E-state index is 13.6. The molecule has 0 aliphatic rings. The lowest BCUT2D eigenvalue weighted by Gasteiger charge is -2.12. The highest BCUT2D eigenvalue weighted by molar-refractivity contribution is 7.99. The Morgan fingerprint density at radius 2 is 1.63 bits per heavy atom. The lowest BCUT2D eigenvalue weighted by Crippen LogP contribution is -2.32. The van der Waals surface area contributed by atoms with Crippen LogP contribution in [0.1, 0.15) is 11.1 Å². The minimum absolute atomic E-state index is 0.272. The van der Waals surface area contributed by atoms with Crippen LogP contribution < -0.4 is 10.9 Å². The van der Waals surface area contributed by atoms with Crippen LogP contribution in [-0.2, 0) is 4.79 Å². The molecule has 2 N–H and O–H groups in total. The highest BCUT2D eigenvalue weighted by atomic mass is 32.2. The van der Waals surface area contributed by atoms with Gasteiger partial charge in [-0.3, -0.25) is 20.2 Å². The fourth-order valence-electron chi connectivity index (χ4n) is 2.39. The van der Waals surface area contributed by atoms with E-state index in [2.05, 4.69) is 10.2 Å². The largest absolute Gasteiger partial charge is 0.293 e. The molecule has 0 atom stereocenters. The lowest BCUT2D eigenvalue weighted by molar-refractivity contribution is -0.118. The van der Waals surface area contributed by atoms with Crippen molar-refractivity contribution in [1.82, 2.24) is 20.2 Å². The Hall–Kier alpha value is -3.15. The van der Waals surface area contributed by atoms with Crippen molar-refractivity contribution in [2.45, 2.75) is 19.0 Å². The number of aryl methyl sites for hydroxylation is 2. The van der Waals surface area contributed by atoms with Gasteiger partial charge in [-0.25, -0.2) is 22.0 Å². The molecule has 0 saturated heterocycles. The lowest BCUT2D eigenvalue weighted by atomic mass is 10.1. The number of amides is 1. The first-order valence-corrected chi connectivity index (χ1v) is 9.36. The van der Waals surface area contributed by atoms with Crippen LogP contribution in [0.2, 0.25) is 0 Å². The van der Waals surface area contributed by atoms with Crippen LogP contribution in [0.25, 0.3) is 5.69 Å². The van der Waals surface area contributed by atoms with Crippen molar-refractivity contribution in [2.75, 3.05) is 11.2 Å². The van der Waals surface area contributed by atoms with Gasteiger partial charge < -0.3 is 0 Å². The number of hydrazine groups is 1. The summed E-state index contributed by atoms with van der Waals surface area (Å²) < 4.78 is 68.3. The van der Waals surface area contributed by atoms with Crippen molar-refractivity contribution in [2.24, 2.45) is 0 Å². The van der Waals surface area contributed by atoms with Gasteiger partial charge in [-0.1, -0.05) is 17.8 Å². The van der Waals surface area contributed by atoms with E-state index in [0.29, 0.717) is 5.16 Å². The van der Waals surface area contributed by atoms with E-state index in [4.69, 9.17) is 0 Å². The number of benzene rings is 2. The first kappa shape index (κ1) is 21.6. The van der Waals surface area contributed by atoms with Gasteiger partial charge >= 0.3 is 0 Å². The number of nitrogens with zero attached hydrogens (tertiary/aromatic N) is 3. The molecule has 3 rings (SSSR count). The van der Waals surface area contributed by atoms with Crippen LogP contribution in [0.3, 0.4) is 0 Å². The summed E-state index contributed by atoms with van der Waals surface area (Å²) >= 11 is 0.961. The van der Waals surface area contributed by atoms with Crippen LogP contribution in [0, 0.1) is 42.9 Å². The summed E-state index contributed by atoms with van der Waals surface area (Å²) in [7, 11) is 0. The molecule has 0 fully saturated rings. The molecular weight excluding hydrogens is 429 g/mol. The number of halogens is 5. The fraction of sp³-hybridized carbons (Fsp3) is 0.167. The van der Waals surface area contributed by atoms with Gasteiger partial charge in [0.1, 0.15) is 12.0 Å². The number of rotatable bonds is 6. The summed E-state index contributed by atoms with van der Waals surface area (Å²) in [6.45, 7) is 3.90. The smallest absolute Gasteiger partial charge is 0.248 e. The standard InChI is InChI=1S/C18H14F5N5OS/c1-8-3-4-10(5-9(8)2)28-7-24-27-18(28)30-6-11(29)25-26-17-15(22)13(20)12(19)14(21)16(17)23/h3-5,7,26H,6H2,1-2H3,(H,25,29). The molecule has 12 heteroatoms. The van der Waals surface area contributed by atoms with Crippen molar-refractivity contribution in [3.63, 3.8) is 0 Å². The summed E-state index contributed by atoms with van der Waals surface area (Å²) in [4.78, 5) is 12.0. The van der Waals surface area contributed by atoms with E-state index in [9.17, 15) is 26.7 Å². The summed E-state index contributed by atoms with van der Waals surface area (Å²) in [5.41, 5.74) is 5.17. The summed E-state index contributed by atoms with van der Waals surface area (Å²) in [5.74, 6) is -11.8. The number of anilines is 1. The quantitative estimate of drug-likeness (QED) is 0.199. The van der Waals surface area contributed by atoms with Crippen LogP contribution in [0.5, 0.6) is 0 Å². The van der Waals surface area contributed by atoms with Gasteiger partial charge in [0.25, 0.3) is 0 Å². The zero-order valence-electron chi connectivity index (χ0n) is 15.6. The van der Waals surface area contributed by atoms with E-state index in [1.807, 2.05) is 37.5 Å². The molecule has 1 aromatic heterocycles. The number of nitrogens with one attached hydrogen (secondary N) is 2. The third kappa shape index (κ3) is 4.22. The van der Waals surface area contributed by atoms with Crippen LogP contribution in [0.4, 0.5) is 27.6 Å². The third-order valence-corrected chi connectivity index (χ3v) is 5.10. The van der Waals surface area contributed by atoms with Gasteiger partial charge in [-0.05, 0) is 37.1 Å². The molecule has 0 radical (unpaired) electrons. The van der Waals surface area contributed by atoms with E-state index in [0.717, 1.165) is 28.6 Å². The number of carbonyl (C=O) groups is 1. The number of hydrogen-bond acceptors (Lipinski definition) is 5. The summed E-state index contributed by atoms with van der Waals surface area (Å²) in [5, 5.41) is 8.08. The first-order valence-electron chi connectivity index (χ1n) is 8.37. The van der Waals surface area contributed by atoms with E-state index in [-0.39, 0.29) is 5.75 Å². The van der Waals surface area contributed by atoms with E-state index in [1.54, 1.807) is 9.99 Å². The predicted molar refractivity (Wildman–Crippen MR) is 99.6 cm³/mol. The molecule has 2 aromatic carbocycles. The number of hydrogen-bond donors (Lipinski definition) is 2. The Morgan fingerprint density at radius 3 is 2.27 bits per heavy atom. The van der Waals surface area contributed by atoms with Crippen molar-refractivity contribution in [1.29, 1.82) is 0 Å². The zero-order valence-corrected chi connectivity index (χ0v) is 16.4. The average Bonchev–Trinajstić information content (AvgIpc) is 3.20. The first-order chi connectivity index (χ1) is 14.2. The van der Waals surface area contributed by atoms with Crippen molar-refractivity contribution >= 4 is 23.4 Å². The number of thioether (sulfide) groups is 1. The second kappa shape index (κ2) is 8.69. The molecule has 0 spiro atoms. The minimum atomic E-state index is -2.29. The summed E-state index contributed by atoms with van der Waals surface area (Å²) in [6.07, 6.45) is 1.46. The Morgan fingerprint density at radius 1 is 1.00 bits per heavy atom. The predicted octanol–water partition coefficient (Wildman–Crippen LogP) is 3.82. The Kier molecular flexibility index (Phi) is 6.25. The molecule has 6 nitrogen and oxygen atoms in total. The highest BCUT2D eigenvalue weighted by Crippen LogP contribution is 2.26. The monoisotopic (exact) mass is 443 g/mol. The van der Waals surface area contributed by atoms with Crippen molar-refractivity contribution in [3.8, 4) is 5.69 Å². The fourth-order valence-corrected chi connectivity index (χ4v) is 3.12. The molecule has 158 valence electrons. The molecular formula is C18H14F5N5OS. The maximum Gasteiger partial charge on any atom is 0.248 e. The van der Waals surface area contributed by atoms with Crippen LogP contribution in [-0.4, -0.2) is 26.4 Å². The Labute approximate surface area is 171 Å². The van der Waals surface area contributed by atoms with Gasteiger partial charge in [0.15, 0.2) is 28.4 Å². The maximum absolute atomic E-state index is 13.6. The zero-order chi connectivity index (χ0) is 22.0. The van der Waals surface area contributed by atoms with Crippen LogP contribution >= 0.6 is 11.8 Å². The number of carbonyl (C=O) groups excluding carboxylic acids is 1.